The van der Waals surface area contributed by atoms with E-state index in [0.717, 1.165) is 36.8 Å². The predicted octanol–water partition coefficient (Wildman–Crippen LogP) is 5.63. The number of piperidine rings is 1. The van der Waals surface area contributed by atoms with Crippen LogP contribution in [0.15, 0.2) is 36.4 Å². The number of pyridine rings is 1. The molecule has 1 fully saturated rings. The molecule has 0 amide bonds. The zero-order chi connectivity index (χ0) is 17.4. The molecular weight excluding hydrogens is 328 g/mol. The van der Waals surface area contributed by atoms with Crippen molar-refractivity contribution in [2.24, 2.45) is 5.41 Å². The van der Waals surface area contributed by atoms with Crippen LogP contribution in [0.3, 0.4) is 0 Å². The van der Waals surface area contributed by atoms with Crippen LogP contribution in [0, 0.1) is 5.41 Å². The number of aromatic nitrogens is 1. The fourth-order valence-electron chi connectivity index (χ4n) is 4.31. The Bertz CT molecular complexity index is 746. The molecule has 0 bridgehead atoms. The van der Waals surface area contributed by atoms with Crippen molar-refractivity contribution in [3.8, 4) is 0 Å². The Hall–Kier alpha value is -1.54. The van der Waals surface area contributed by atoms with Gasteiger partial charge in [0.1, 0.15) is 5.82 Å². The third-order valence-electron chi connectivity index (χ3n) is 5.91. The number of benzene rings is 1. The first-order valence-electron chi connectivity index (χ1n) is 9.50. The van der Waals surface area contributed by atoms with Crippen molar-refractivity contribution in [3.05, 3.63) is 58.2 Å². The van der Waals surface area contributed by atoms with Crippen LogP contribution in [0.25, 0.3) is 0 Å². The molecule has 25 heavy (non-hydrogen) atoms. The van der Waals surface area contributed by atoms with E-state index >= 15 is 0 Å². The van der Waals surface area contributed by atoms with E-state index in [1.807, 2.05) is 0 Å². The Morgan fingerprint density at radius 3 is 2.56 bits per heavy atom. The molecule has 1 aliphatic carbocycles. The van der Waals surface area contributed by atoms with Gasteiger partial charge in [-0.3, -0.25) is 0 Å². The van der Waals surface area contributed by atoms with Crippen molar-refractivity contribution < 1.29 is 0 Å². The lowest BCUT2D eigenvalue weighted by molar-refractivity contribution is 0.310. The third-order valence-corrected chi connectivity index (χ3v) is 6.19. The fraction of sp³-hybridized carbons (Fsp3) is 0.500. The second-order valence-electron chi connectivity index (χ2n) is 8.41. The number of anilines is 1. The van der Waals surface area contributed by atoms with Crippen molar-refractivity contribution >= 4 is 17.4 Å². The molecule has 0 spiro atoms. The van der Waals surface area contributed by atoms with Crippen molar-refractivity contribution in [2.45, 2.75) is 51.9 Å². The molecule has 2 heterocycles. The maximum Gasteiger partial charge on any atom is 0.147 e. The summed E-state index contributed by atoms with van der Waals surface area (Å²) in [6, 6.07) is 13.1. The molecule has 0 atom stereocenters. The minimum absolute atomic E-state index is 0.353. The molecule has 2 aliphatic rings. The Morgan fingerprint density at radius 1 is 1.12 bits per heavy atom. The molecule has 0 N–H and O–H groups in total. The van der Waals surface area contributed by atoms with Gasteiger partial charge in [0, 0.05) is 18.8 Å². The number of rotatable bonds is 2. The monoisotopic (exact) mass is 354 g/mol. The Labute approximate surface area is 156 Å². The lowest BCUT2D eigenvalue weighted by Crippen LogP contribution is -2.34. The average molecular weight is 355 g/mol. The summed E-state index contributed by atoms with van der Waals surface area (Å²) >= 11 is 6.61. The summed E-state index contributed by atoms with van der Waals surface area (Å²) in [7, 11) is 0. The first kappa shape index (κ1) is 16.9. The predicted molar refractivity (Wildman–Crippen MR) is 106 cm³/mol. The van der Waals surface area contributed by atoms with Gasteiger partial charge in [-0.25, -0.2) is 4.98 Å². The number of nitrogens with zero attached hydrogens (tertiary/aromatic N) is 2. The smallest absolute Gasteiger partial charge is 0.147 e. The van der Waals surface area contributed by atoms with Crippen molar-refractivity contribution in [1.29, 1.82) is 0 Å². The Balaban J connectivity index is 1.52. The summed E-state index contributed by atoms with van der Waals surface area (Å²) < 4.78 is 0. The molecule has 1 aromatic carbocycles. The van der Waals surface area contributed by atoms with Gasteiger partial charge in [-0.15, -0.1) is 0 Å². The number of halogens is 1. The summed E-state index contributed by atoms with van der Waals surface area (Å²) in [6.45, 7) is 6.76. The van der Waals surface area contributed by atoms with Crippen LogP contribution in [0.4, 0.5) is 5.82 Å². The van der Waals surface area contributed by atoms with Gasteiger partial charge in [0.2, 0.25) is 0 Å². The Kier molecular flexibility index (Phi) is 4.49. The van der Waals surface area contributed by atoms with Crippen molar-refractivity contribution in [1.82, 2.24) is 4.98 Å². The molecule has 0 radical (unpaired) electrons. The van der Waals surface area contributed by atoms with Crippen LogP contribution >= 0.6 is 11.6 Å². The van der Waals surface area contributed by atoms with E-state index in [1.54, 1.807) is 0 Å². The molecule has 1 saturated heterocycles. The number of fused-ring (bicyclic) bond motifs is 1. The lowest BCUT2D eigenvalue weighted by Gasteiger charge is -2.35. The van der Waals surface area contributed by atoms with Crippen LogP contribution in [0.1, 0.15) is 55.8 Å². The van der Waals surface area contributed by atoms with Gasteiger partial charge < -0.3 is 4.90 Å². The van der Waals surface area contributed by atoms with Crippen LogP contribution in [-0.2, 0) is 12.8 Å². The average Bonchev–Trinajstić information content (AvgIpc) is 2.62. The number of aryl methyl sites for hydroxylation is 1. The van der Waals surface area contributed by atoms with Gasteiger partial charge in [-0.1, -0.05) is 55.8 Å². The Morgan fingerprint density at radius 2 is 1.84 bits per heavy atom. The molecule has 1 aromatic heterocycles. The second-order valence-corrected chi connectivity index (χ2v) is 8.82. The van der Waals surface area contributed by atoms with Crippen molar-refractivity contribution in [3.63, 3.8) is 0 Å². The van der Waals surface area contributed by atoms with Crippen LogP contribution in [0.2, 0.25) is 5.02 Å². The van der Waals surface area contributed by atoms with Crippen LogP contribution in [0.5, 0.6) is 0 Å². The van der Waals surface area contributed by atoms with E-state index in [4.69, 9.17) is 16.6 Å². The molecule has 0 unspecified atom stereocenters. The highest BCUT2D eigenvalue weighted by Gasteiger charge is 2.29. The molecule has 0 saturated carbocycles. The highest BCUT2D eigenvalue weighted by molar-refractivity contribution is 6.33. The summed E-state index contributed by atoms with van der Waals surface area (Å²) in [4.78, 5) is 7.42. The maximum absolute atomic E-state index is 6.61. The fourth-order valence-corrected chi connectivity index (χ4v) is 4.60. The number of hydrogen-bond donors (Lipinski definition) is 0. The summed E-state index contributed by atoms with van der Waals surface area (Å²) in [5, 5.41) is 0.830. The largest absolute Gasteiger partial charge is 0.355 e. The SMILES string of the molecule is CC1(C)CCc2cc(Cl)c(N3CCC(c4ccccc4)CC3)nc2C1. The molecular formula is C22H27ClN2. The van der Waals surface area contributed by atoms with Gasteiger partial charge >= 0.3 is 0 Å². The minimum atomic E-state index is 0.353. The van der Waals surface area contributed by atoms with E-state index in [-0.39, 0.29) is 0 Å². The van der Waals surface area contributed by atoms with Gasteiger partial charge in [-0.2, -0.15) is 0 Å². The third kappa shape index (κ3) is 3.55. The van der Waals surface area contributed by atoms with Gasteiger partial charge in [-0.05, 0) is 60.6 Å². The summed E-state index contributed by atoms with van der Waals surface area (Å²) in [5.41, 5.74) is 4.44. The molecule has 1 aliphatic heterocycles. The topological polar surface area (TPSA) is 16.1 Å². The van der Waals surface area contributed by atoms with Gasteiger partial charge in [0.25, 0.3) is 0 Å². The quantitative estimate of drug-likeness (QED) is 0.694. The van der Waals surface area contributed by atoms with E-state index < -0.39 is 0 Å². The molecule has 132 valence electrons. The molecule has 2 nitrogen and oxygen atoms in total. The van der Waals surface area contributed by atoms with Crippen LogP contribution in [-0.4, -0.2) is 18.1 Å². The summed E-state index contributed by atoms with van der Waals surface area (Å²) in [6.07, 6.45) is 5.73. The number of hydrogen-bond acceptors (Lipinski definition) is 2. The van der Waals surface area contributed by atoms with Gasteiger partial charge in [0.05, 0.1) is 5.02 Å². The van der Waals surface area contributed by atoms with E-state index in [2.05, 4.69) is 55.1 Å². The first-order chi connectivity index (χ1) is 12.0. The normalized spacial score (nSPS) is 20.4. The molecule has 3 heteroatoms. The standard InChI is InChI=1S/C22H27ClN2/c1-22(2)11-8-18-14-19(23)21(24-20(18)15-22)25-12-9-17(10-13-25)16-6-4-3-5-7-16/h3-7,14,17H,8-13,15H2,1-2H3. The minimum Gasteiger partial charge on any atom is -0.355 e. The first-order valence-corrected chi connectivity index (χ1v) is 9.88. The molecule has 4 rings (SSSR count). The van der Waals surface area contributed by atoms with E-state index in [1.165, 1.54) is 36.1 Å². The second kappa shape index (κ2) is 6.64. The molecule has 2 aromatic rings. The van der Waals surface area contributed by atoms with Gasteiger partial charge in [0.15, 0.2) is 0 Å². The maximum atomic E-state index is 6.61. The van der Waals surface area contributed by atoms with E-state index in [0.29, 0.717) is 11.3 Å². The zero-order valence-electron chi connectivity index (χ0n) is 15.3. The highest BCUT2D eigenvalue weighted by Crippen LogP contribution is 2.38. The zero-order valence-corrected chi connectivity index (χ0v) is 16.0. The van der Waals surface area contributed by atoms with Crippen molar-refractivity contribution in [2.75, 3.05) is 18.0 Å². The lowest BCUT2D eigenvalue weighted by atomic mass is 9.76. The van der Waals surface area contributed by atoms with E-state index in [9.17, 15) is 0 Å². The van der Waals surface area contributed by atoms with Crippen LogP contribution < -0.4 is 4.90 Å². The highest BCUT2D eigenvalue weighted by atomic mass is 35.5. The summed E-state index contributed by atoms with van der Waals surface area (Å²) in [5.74, 6) is 1.66.